The van der Waals surface area contributed by atoms with Crippen LogP contribution in [0.5, 0.6) is 0 Å². The van der Waals surface area contributed by atoms with E-state index in [1.165, 1.54) is 0 Å². The van der Waals surface area contributed by atoms with E-state index >= 15 is 0 Å². The molecule has 0 bridgehead atoms. The molecule has 3 heterocycles. The van der Waals surface area contributed by atoms with Gasteiger partial charge < -0.3 is 26.8 Å². The summed E-state index contributed by atoms with van der Waals surface area (Å²) in [5.74, 6) is -1.30. The normalized spacial score (nSPS) is 18.6. The summed E-state index contributed by atoms with van der Waals surface area (Å²) in [6.45, 7) is 1.06. The fourth-order valence-electron chi connectivity index (χ4n) is 3.96. The van der Waals surface area contributed by atoms with E-state index in [2.05, 4.69) is 25.7 Å². The molecule has 0 aromatic carbocycles. The topological polar surface area (TPSA) is 146 Å². The number of pyridine rings is 2. The first-order valence-corrected chi connectivity index (χ1v) is 10.6. The minimum Gasteiger partial charge on any atom is -0.383 e. The summed E-state index contributed by atoms with van der Waals surface area (Å²) >= 11 is 0. The van der Waals surface area contributed by atoms with Crippen LogP contribution in [0.25, 0.3) is 10.9 Å². The molecular weight excluding hydrogens is 415 g/mol. The van der Waals surface area contributed by atoms with Gasteiger partial charge in [0, 0.05) is 24.6 Å². The number of fused-ring (bicyclic) bond motifs is 1. The van der Waals surface area contributed by atoms with Crippen LogP contribution in [0, 0.1) is 5.82 Å². The van der Waals surface area contributed by atoms with Gasteiger partial charge in [0.15, 0.2) is 11.6 Å². The molecule has 3 aromatic rings. The van der Waals surface area contributed by atoms with Gasteiger partial charge >= 0.3 is 0 Å². The highest BCUT2D eigenvalue weighted by molar-refractivity contribution is 6.00. The predicted octanol–water partition coefficient (Wildman–Crippen LogP) is 2.14. The van der Waals surface area contributed by atoms with Crippen molar-refractivity contribution >= 4 is 34.1 Å². The van der Waals surface area contributed by atoms with Crippen molar-refractivity contribution in [2.24, 2.45) is 11.5 Å². The zero-order chi connectivity index (χ0) is 22.7. The van der Waals surface area contributed by atoms with Crippen LogP contribution in [-0.2, 0) is 11.3 Å². The van der Waals surface area contributed by atoms with Crippen molar-refractivity contribution in [2.45, 2.75) is 44.3 Å². The number of carbonyl (C=O) groups excluding carboxylic acids is 1. The van der Waals surface area contributed by atoms with E-state index in [1.54, 1.807) is 30.4 Å². The van der Waals surface area contributed by atoms with E-state index in [0.717, 1.165) is 42.7 Å². The van der Waals surface area contributed by atoms with Crippen LogP contribution in [0.3, 0.4) is 0 Å². The lowest BCUT2D eigenvalue weighted by Crippen LogP contribution is -2.43. The van der Waals surface area contributed by atoms with Gasteiger partial charge in [-0.3, -0.25) is 14.5 Å². The number of ether oxygens (including phenoxy) is 1. The molecule has 1 saturated carbocycles. The van der Waals surface area contributed by atoms with Gasteiger partial charge in [-0.05, 0) is 18.9 Å². The number of rotatable bonds is 8. The Morgan fingerprint density at radius 1 is 1.28 bits per heavy atom. The molecule has 0 aliphatic heterocycles. The molecule has 2 atom stereocenters. The second-order valence-electron chi connectivity index (χ2n) is 7.88. The van der Waals surface area contributed by atoms with Gasteiger partial charge in [0.1, 0.15) is 5.82 Å². The third-order valence-electron chi connectivity index (χ3n) is 5.71. The fraction of sp³-hybridized carbons (Fsp3) is 0.429. The molecule has 0 spiro atoms. The SMILES string of the molecule is COCCn1ncc2c(Nc3nc(N[C@@H]4CCCC[C@@H]4N)c(F)cc3C(N)=O)cncc21. The largest absolute Gasteiger partial charge is 0.383 e. The van der Waals surface area contributed by atoms with Crippen LogP contribution < -0.4 is 22.1 Å². The van der Waals surface area contributed by atoms with Crippen LogP contribution in [0.2, 0.25) is 0 Å². The molecule has 32 heavy (non-hydrogen) atoms. The highest BCUT2D eigenvalue weighted by Crippen LogP contribution is 2.29. The number of nitrogens with one attached hydrogen (secondary N) is 2. The molecule has 1 fully saturated rings. The van der Waals surface area contributed by atoms with Crippen LogP contribution in [-0.4, -0.2) is 51.5 Å². The number of anilines is 3. The maximum Gasteiger partial charge on any atom is 0.252 e. The summed E-state index contributed by atoms with van der Waals surface area (Å²) in [7, 11) is 1.62. The van der Waals surface area contributed by atoms with Crippen molar-refractivity contribution in [3.63, 3.8) is 0 Å². The highest BCUT2D eigenvalue weighted by Gasteiger charge is 2.24. The Morgan fingerprint density at radius 2 is 2.09 bits per heavy atom. The van der Waals surface area contributed by atoms with E-state index in [1.807, 2.05) is 0 Å². The number of aromatic nitrogens is 4. The highest BCUT2D eigenvalue weighted by atomic mass is 19.1. The van der Waals surface area contributed by atoms with Gasteiger partial charge in [-0.2, -0.15) is 5.10 Å². The zero-order valence-corrected chi connectivity index (χ0v) is 17.8. The number of amides is 1. The molecular formula is C21H27FN8O2. The van der Waals surface area contributed by atoms with Crippen LogP contribution in [0.4, 0.5) is 21.7 Å². The minimum atomic E-state index is -0.796. The molecule has 6 N–H and O–H groups in total. The molecule has 0 radical (unpaired) electrons. The standard InChI is InChI=1S/C21H27FN8O2/c1-32-7-6-30-18-11-25-10-17(13(18)9-26-30)28-20-12(19(24)31)8-14(22)21(29-20)27-16-5-3-2-4-15(16)23/h8-11,15-16H,2-7,23H2,1H3,(H2,24,31)(H2,27,28,29)/t15-,16+/m0/s1. The molecule has 10 nitrogen and oxygen atoms in total. The number of halogens is 1. The van der Waals surface area contributed by atoms with Crippen molar-refractivity contribution in [1.82, 2.24) is 19.7 Å². The predicted molar refractivity (Wildman–Crippen MR) is 119 cm³/mol. The quantitative estimate of drug-likeness (QED) is 0.415. The first-order valence-electron chi connectivity index (χ1n) is 10.6. The Morgan fingerprint density at radius 3 is 2.84 bits per heavy atom. The Balaban J connectivity index is 1.68. The fourth-order valence-corrected chi connectivity index (χ4v) is 3.96. The number of hydrogen-bond donors (Lipinski definition) is 4. The van der Waals surface area contributed by atoms with Crippen molar-refractivity contribution in [2.75, 3.05) is 24.4 Å². The molecule has 11 heteroatoms. The summed E-state index contributed by atoms with van der Waals surface area (Å²) in [5.41, 5.74) is 13.0. The lowest BCUT2D eigenvalue weighted by molar-refractivity contribution is 0.100. The maximum absolute atomic E-state index is 14.7. The number of carbonyl (C=O) groups is 1. The molecule has 3 aromatic heterocycles. The molecule has 0 saturated heterocycles. The lowest BCUT2D eigenvalue weighted by atomic mass is 9.91. The van der Waals surface area contributed by atoms with E-state index in [9.17, 15) is 9.18 Å². The first-order chi connectivity index (χ1) is 15.5. The lowest BCUT2D eigenvalue weighted by Gasteiger charge is -2.30. The average Bonchev–Trinajstić information content (AvgIpc) is 3.19. The van der Waals surface area contributed by atoms with Gasteiger partial charge in [0.25, 0.3) is 5.91 Å². The number of methoxy groups -OCH3 is 1. The summed E-state index contributed by atoms with van der Waals surface area (Å²) in [4.78, 5) is 20.6. The van der Waals surface area contributed by atoms with Crippen molar-refractivity contribution in [3.8, 4) is 0 Å². The van der Waals surface area contributed by atoms with Gasteiger partial charge in [-0.1, -0.05) is 12.8 Å². The van der Waals surface area contributed by atoms with Crippen LogP contribution >= 0.6 is 0 Å². The molecule has 1 amide bonds. The molecule has 1 aliphatic carbocycles. The molecule has 4 rings (SSSR count). The summed E-state index contributed by atoms with van der Waals surface area (Å²) < 4.78 is 21.6. The second kappa shape index (κ2) is 9.45. The summed E-state index contributed by atoms with van der Waals surface area (Å²) in [5, 5.41) is 11.3. The average molecular weight is 442 g/mol. The van der Waals surface area contributed by atoms with Crippen molar-refractivity contribution in [3.05, 3.63) is 36.0 Å². The number of nitrogens with two attached hydrogens (primary N) is 2. The summed E-state index contributed by atoms with van der Waals surface area (Å²) in [6, 6.07) is 0.902. The number of primary amides is 1. The Labute approximate surface area is 184 Å². The van der Waals surface area contributed by atoms with E-state index < -0.39 is 11.7 Å². The van der Waals surface area contributed by atoms with E-state index in [-0.39, 0.29) is 29.3 Å². The van der Waals surface area contributed by atoms with E-state index in [0.29, 0.717) is 18.8 Å². The van der Waals surface area contributed by atoms with Crippen LogP contribution in [0.15, 0.2) is 24.7 Å². The number of hydrogen-bond acceptors (Lipinski definition) is 8. The molecule has 170 valence electrons. The van der Waals surface area contributed by atoms with Gasteiger partial charge in [-0.15, -0.1) is 0 Å². The van der Waals surface area contributed by atoms with Gasteiger partial charge in [0.05, 0.1) is 48.5 Å². The summed E-state index contributed by atoms with van der Waals surface area (Å²) in [6.07, 6.45) is 8.72. The Bertz CT molecular complexity index is 1120. The third kappa shape index (κ3) is 4.48. The van der Waals surface area contributed by atoms with Gasteiger partial charge in [0.2, 0.25) is 0 Å². The first kappa shape index (κ1) is 21.9. The number of nitrogens with zero attached hydrogens (tertiary/aromatic N) is 4. The van der Waals surface area contributed by atoms with E-state index in [4.69, 9.17) is 16.2 Å². The van der Waals surface area contributed by atoms with Crippen molar-refractivity contribution < 1.29 is 13.9 Å². The van der Waals surface area contributed by atoms with Crippen LogP contribution in [0.1, 0.15) is 36.0 Å². The maximum atomic E-state index is 14.7. The Kier molecular flexibility index (Phi) is 6.47. The second-order valence-corrected chi connectivity index (χ2v) is 7.88. The third-order valence-corrected chi connectivity index (χ3v) is 5.71. The molecule has 0 unspecified atom stereocenters. The Hall–Kier alpha value is -3.31. The smallest absolute Gasteiger partial charge is 0.252 e. The monoisotopic (exact) mass is 442 g/mol. The minimum absolute atomic E-state index is 0.0239. The zero-order valence-electron chi connectivity index (χ0n) is 17.8. The van der Waals surface area contributed by atoms with Gasteiger partial charge in [-0.25, -0.2) is 9.37 Å². The molecule has 1 aliphatic rings. The van der Waals surface area contributed by atoms with Crippen molar-refractivity contribution in [1.29, 1.82) is 0 Å².